The third-order valence-corrected chi connectivity index (χ3v) is 8.24. The summed E-state index contributed by atoms with van der Waals surface area (Å²) in [6.45, 7) is 5.96. The standard InChI is InChI=1S/C16H23NO2S/c1-4-16(2,3)15(19)17-11-10(14(17)18)12-8-6-5-7-9(8)13(11)20-12/h8-13H,4-7H2,1-3H3. The fourth-order valence-electron chi connectivity index (χ4n) is 4.83. The Morgan fingerprint density at radius 2 is 1.95 bits per heavy atom. The maximum absolute atomic E-state index is 12.7. The summed E-state index contributed by atoms with van der Waals surface area (Å²) in [4.78, 5) is 26.9. The molecule has 110 valence electrons. The Balaban J connectivity index is 1.61. The molecule has 3 nitrogen and oxygen atoms in total. The predicted molar refractivity (Wildman–Crippen MR) is 79.2 cm³/mol. The Kier molecular flexibility index (Phi) is 2.65. The number of hydrogen-bond acceptors (Lipinski definition) is 3. The van der Waals surface area contributed by atoms with Gasteiger partial charge in [-0.3, -0.25) is 14.5 Å². The molecule has 6 atom stereocenters. The van der Waals surface area contributed by atoms with E-state index >= 15 is 0 Å². The molecule has 1 aliphatic carbocycles. The summed E-state index contributed by atoms with van der Waals surface area (Å²) >= 11 is 2.03. The van der Waals surface area contributed by atoms with Crippen LogP contribution in [0.1, 0.15) is 46.5 Å². The fraction of sp³-hybridized carbons (Fsp3) is 0.875. The van der Waals surface area contributed by atoms with Crippen molar-refractivity contribution in [3.05, 3.63) is 0 Å². The SMILES string of the molecule is CCC(C)(C)C(=O)N1C(=O)C2C3SC(C4CCCC43)C21. The molecule has 3 saturated heterocycles. The lowest BCUT2D eigenvalue weighted by molar-refractivity contribution is -0.173. The number of carbonyl (C=O) groups is 2. The second-order valence-corrected chi connectivity index (χ2v) is 8.95. The summed E-state index contributed by atoms with van der Waals surface area (Å²) in [5.74, 6) is 1.91. The van der Waals surface area contributed by atoms with Crippen LogP contribution in [-0.4, -0.2) is 33.3 Å². The van der Waals surface area contributed by atoms with Gasteiger partial charge in [0.1, 0.15) is 0 Å². The zero-order valence-corrected chi connectivity index (χ0v) is 13.3. The van der Waals surface area contributed by atoms with E-state index in [9.17, 15) is 9.59 Å². The first-order chi connectivity index (χ1) is 9.47. The predicted octanol–water partition coefficient (Wildman–Crippen LogP) is 2.69. The highest BCUT2D eigenvalue weighted by atomic mass is 32.2. The number of fused-ring (bicyclic) bond motifs is 8. The molecule has 2 amide bonds. The van der Waals surface area contributed by atoms with Crippen LogP contribution < -0.4 is 0 Å². The molecule has 3 heterocycles. The van der Waals surface area contributed by atoms with Gasteiger partial charge in [0.05, 0.1) is 12.0 Å². The molecule has 0 aromatic rings. The lowest BCUT2D eigenvalue weighted by Crippen LogP contribution is -2.70. The van der Waals surface area contributed by atoms with E-state index < -0.39 is 5.41 Å². The van der Waals surface area contributed by atoms with Crippen molar-refractivity contribution in [3.63, 3.8) is 0 Å². The third kappa shape index (κ3) is 1.39. The van der Waals surface area contributed by atoms with Crippen LogP contribution in [-0.2, 0) is 9.59 Å². The second-order valence-electron chi connectivity index (χ2n) is 7.59. The number of carbonyl (C=O) groups excluding carboxylic acids is 2. The lowest BCUT2D eigenvalue weighted by atomic mass is 9.66. The van der Waals surface area contributed by atoms with Gasteiger partial charge in [0.25, 0.3) is 0 Å². The number of amides is 2. The van der Waals surface area contributed by atoms with Crippen LogP contribution in [0.5, 0.6) is 0 Å². The summed E-state index contributed by atoms with van der Waals surface area (Å²) in [6, 6.07) is 0.232. The van der Waals surface area contributed by atoms with Gasteiger partial charge in [-0.25, -0.2) is 0 Å². The Labute approximate surface area is 124 Å². The quantitative estimate of drug-likeness (QED) is 0.735. The second kappa shape index (κ2) is 4.02. The summed E-state index contributed by atoms with van der Waals surface area (Å²) in [5, 5.41) is 1.07. The lowest BCUT2D eigenvalue weighted by Gasteiger charge is -2.52. The van der Waals surface area contributed by atoms with E-state index in [4.69, 9.17) is 0 Å². The number of thioether (sulfide) groups is 1. The molecule has 0 radical (unpaired) electrons. The van der Waals surface area contributed by atoms with E-state index in [0.717, 1.165) is 18.3 Å². The van der Waals surface area contributed by atoms with Crippen LogP contribution >= 0.6 is 11.8 Å². The van der Waals surface area contributed by atoms with Crippen LogP contribution in [0.2, 0.25) is 0 Å². The molecule has 0 aromatic heterocycles. The number of imide groups is 1. The number of rotatable bonds is 2. The van der Waals surface area contributed by atoms with E-state index in [1.54, 1.807) is 4.90 Å². The van der Waals surface area contributed by atoms with Crippen molar-refractivity contribution in [2.24, 2.45) is 23.2 Å². The largest absolute Gasteiger partial charge is 0.277 e. The Morgan fingerprint density at radius 3 is 2.60 bits per heavy atom. The maximum atomic E-state index is 12.7. The zero-order valence-electron chi connectivity index (χ0n) is 12.5. The maximum Gasteiger partial charge on any atom is 0.235 e. The van der Waals surface area contributed by atoms with E-state index in [1.165, 1.54) is 19.3 Å². The molecular weight excluding hydrogens is 270 g/mol. The fourth-order valence-corrected chi connectivity index (χ4v) is 7.17. The summed E-state index contributed by atoms with van der Waals surface area (Å²) in [6.07, 6.45) is 4.74. The van der Waals surface area contributed by atoms with Crippen molar-refractivity contribution in [1.82, 2.24) is 4.90 Å². The van der Waals surface area contributed by atoms with Gasteiger partial charge in [-0.1, -0.05) is 27.2 Å². The highest BCUT2D eigenvalue weighted by molar-refractivity contribution is 8.01. The minimum Gasteiger partial charge on any atom is -0.277 e. The minimum atomic E-state index is -0.401. The Hall–Kier alpha value is -0.510. The van der Waals surface area contributed by atoms with Crippen molar-refractivity contribution in [3.8, 4) is 0 Å². The molecule has 4 rings (SSSR count). The van der Waals surface area contributed by atoms with Gasteiger partial charge >= 0.3 is 0 Å². The summed E-state index contributed by atoms with van der Waals surface area (Å²) in [5.41, 5.74) is -0.401. The molecule has 0 aromatic carbocycles. The van der Waals surface area contributed by atoms with Gasteiger partial charge in [-0.15, -0.1) is 0 Å². The van der Waals surface area contributed by atoms with E-state index in [2.05, 4.69) is 0 Å². The molecule has 2 bridgehead atoms. The molecule has 4 fully saturated rings. The van der Waals surface area contributed by atoms with Gasteiger partial charge < -0.3 is 0 Å². The molecule has 6 unspecified atom stereocenters. The Bertz CT molecular complexity index is 489. The van der Waals surface area contributed by atoms with E-state index in [0.29, 0.717) is 10.5 Å². The van der Waals surface area contributed by atoms with Crippen molar-refractivity contribution in [1.29, 1.82) is 0 Å². The van der Waals surface area contributed by atoms with Crippen molar-refractivity contribution in [2.45, 2.75) is 63.0 Å². The molecule has 4 heteroatoms. The molecule has 4 aliphatic rings. The van der Waals surface area contributed by atoms with Gasteiger partial charge in [0.15, 0.2) is 0 Å². The zero-order chi connectivity index (χ0) is 14.2. The highest BCUT2D eigenvalue weighted by Crippen LogP contribution is 2.65. The Morgan fingerprint density at radius 1 is 1.30 bits per heavy atom. The number of hydrogen-bond donors (Lipinski definition) is 0. The first kappa shape index (κ1) is 13.2. The van der Waals surface area contributed by atoms with Gasteiger partial charge in [-0.05, 0) is 31.1 Å². The number of nitrogens with zero attached hydrogens (tertiary/aromatic N) is 1. The summed E-state index contributed by atoms with van der Waals surface area (Å²) < 4.78 is 0. The molecule has 20 heavy (non-hydrogen) atoms. The normalized spacial score (nSPS) is 45.4. The minimum absolute atomic E-state index is 0.0638. The average Bonchev–Trinajstić information content (AvgIpc) is 3.07. The van der Waals surface area contributed by atoms with Gasteiger partial charge in [-0.2, -0.15) is 11.8 Å². The van der Waals surface area contributed by atoms with Crippen molar-refractivity contribution in [2.75, 3.05) is 0 Å². The van der Waals surface area contributed by atoms with Crippen LogP contribution in [0.15, 0.2) is 0 Å². The summed E-state index contributed by atoms with van der Waals surface area (Å²) in [7, 11) is 0. The molecular formula is C16H23NO2S. The monoisotopic (exact) mass is 293 g/mol. The van der Waals surface area contributed by atoms with Crippen molar-refractivity contribution < 1.29 is 9.59 Å². The number of β-lactam (4-membered cyclic amide) rings is 1. The van der Waals surface area contributed by atoms with Gasteiger partial charge in [0, 0.05) is 15.9 Å². The topological polar surface area (TPSA) is 37.4 Å². The molecule has 3 aliphatic heterocycles. The molecule has 0 spiro atoms. The highest BCUT2D eigenvalue weighted by Gasteiger charge is 2.71. The van der Waals surface area contributed by atoms with Crippen LogP contribution in [0.25, 0.3) is 0 Å². The molecule has 1 saturated carbocycles. The number of likely N-dealkylation sites (tertiary alicyclic amines) is 1. The average molecular weight is 293 g/mol. The first-order valence-corrected chi connectivity index (χ1v) is 8.94. The van der Waals surface area contributed by atoms with Crippen molar-refractivity contribution >= 4 is 23.6 Å². The van der Waals surface area contributed by atoms with Gasteiger partial charge in [0.2, 0.25) is 11.8 Å². The smallest absolute Gasteiger partial charge is 0.235 e. The first-order valence-electron chi connectivity index (χ1n) is 8.00. The third-order valence-electron chi connectivity index (χ3n) is 6.34. The molecule has 0 N–H and O–H groups in total. The van der Waals surface area contributed by atoms with Crippen LogP contribution in [0.4, 0.5) is 0 Å². The van der Waals surface area contributed by atoms with E-state index in [-0.39, 0.29) is 23.8 Å². The van der Waals surface area contributed by atoms with Crippen LogP contribution in [0.3, 0.4) is 0 Å². The van der Waals surface area contributed by atoms with E-state index in [1.807, 2.05) is 32.5 Å². The van der Waals surface area contributed by atoms with Crippen LogP contribution in [0, 0.1) is 23.2 Å².